The molecule has 1 N–H and O–H groups in total. The number of carbonyl (C=O) groups is 1. The number of ether oxygens (including phenoxy) is 1. The lowest BCUT2D eigenvalue weighted by Crippen LogP contribution is -2.22. The number of rotatable bonds is 8. The van der Waals surface area contributed by atoms with Crippen LogP contribution in [0.15, 0.2) is 73.3 Å². The van der Waals surface area contributed by atoms with Crippen LogP contribution in [0.1, 0.15) is 23.6 Å². The molecule has 0 aromatic heterocycles. The minimum atomic E-state index is -0.00608. The highest BCUT2D eigenvalue weighted by Gasteiger charge is 2.12. The number of nitrogens with one attached hydrogen (secondary N) is 1. The van der Waals surface area contributed by atoms with Crippen molar-refractivity contribution in [2.75, 3.05) is 6.54 Å². The Morgan fingerprint density at radius 3 is 2.63 bits per heavy atom. The quantitative estimate of drug-likeness (QED) is 0.585. The van der Waals surface area contributed by atoms with Crippen LogP contribution in [-0.2, 0) is 24.2 Å². The van der Waals surface area contributed by atoms with Crippen LogP contribution in [0.25, 0.3) is 10.8 Å². The van der Waals surface area contributed by atoms with Crippen LogP contribution in [-0.4, -0.2) is 12.5 Å². The summed E-state index contributed by atoms with van der Waals surface area (Å²) in [5.41, 5.74) is 3.50. The average molecular weight is 359 g/mol. The summed E-state index contributed by atoms with van der Waals surface area (Å²) in [7, 11) is 0. The first kappa shape index (κ1) is 18.7. The summed E-state index contributed by atoms with van der Waals surface area (Å²) in [5.74, 6) is 0.881. The van der Waals surface area contributed by atoms with Crippen LogP contribution in [0.4, 0.5) is 0 Å². The van der Waals surface area contributed by atoms with Crippen molar-refractivity contribution in [3.8, 4) is 5.75 Å². The summed E-state index contributed by atoms with van der Waals surface area (Å²) >= 11 is 0. The van der Waals surface area contributed by atoms with Gasteiger partial charge in [-0.1, -0.05) is 60.7 Å². The van der Waals surface area contributed by atoms with Gasteiger partial charge in [-0.05, 0) is 40.8 Å². The predicted octanol–water partition coefficient (Wildman–Crippen LogP) is 4.83. The van der Waals surface area contributed by atoms with Gasteiger partial charge in [0.05, 0.1) is 0 Å². The fraction of sp³-hybridized carbons (Fsp3) is 0.208. The molecule has 1 amide bonds. The second kappa shape index (κ2) is 9.04. The van der Waals surface area contributed by atoms with E-state index in [0.717, 1.165) is 29.7 Å². The topological polar surface area (TPSA) is 38.3 Å². The number of fused-ring (bicyclic) bond motifs is 1. The Balaban J connectivity index is 1.94. The van der Waals surface area contributed by atoms with Gasteiger partial charge in [0, 0.05) is 19.0 Å². The van der Waals surface area contributed by atoms with Gasteiger partial charge < -0.3 is 10.1 Å². The smallest absolute Gasteiger partial charge is 0.216 e. The molecule has 0 atom stereocenters. The van der Waals surface area contributed by atoms with Crippen molar-refractivity contribution in [3.63, 3.8) is 0 Å². The van der Waals surface area contributed by atoms with E-state index in [9.17, 15) is 4.79 Å². The van der Waals surface area contributed by atoms with Gasteiger partial charge >= 0.3 is 0 Å². The van der Waals surface area contributed by atoms with E-state index >= 15 is 0 Å². The lowest BCUT2D eigenvalue weighted by molar-refractivity contribution is -0.118. The first-order valence-electron chi connectivity index (χ1n) is 9.24. The van der Waals surface area contributed by atoms with E-state index in [0.29, 0.717) is 13.2 Å². The standard InChI is InChI=1S/C24H25NO2/c1-3-8-22-23(27-17-19-9-5-4-6-10-19)14-13-20-11-7-12-21(24(20)22)15-16-25-18(2)26/h3-7,9-14H,1,8,15-17H2,2H3,(H,25,26). The largest absolute Gasteiger partial charge is 0.489 e. The first-order chi connectivity index (χ1) is 13.2. The molecule has 0 bridgehead atoms. The average Bonchev–Trinajstić information content (AvgIpc) is 2.68. The molecule has 0 saturated heterocycles. The minimum Gasteiger partial charge on any atom is -0.489 e. The van der Waals surface area contributed by atoms with Crippen molar-refractivity contribution >= 4 is 16.7 Å². The zero-order valence-corrected chi connectivity index (χ0v) is 15.7. The van der Waals surface area contributed by atoms with E-state index in [4.69, 9.17) is 4.74 Å². The number of benzene rings is 3. The summed E-state index contributed by atoms with van der Waals surface area (Å²) in [6, 6.07) is 20.6. The molecule has 0 aliphatic heterocycles. The lowest BCUT2D eigenvalue weighted by Gasteiger charge is -2.16. The molecule has 3 aromatic carbocycles. The van der Waals surface area contributed by atoms with Gasteiger partial charge in [0.15, 0.2) is 0 Å². The summed E-state index contributed by atoms with van der Waals surface area (Å²) < 4.78 is 6.16. The third-order valence-electron chi connectivity index (χ3n) is 4.55. The molecule has 0 unspecified atom stereocenters. The molecule has 0 spiro atoms. The molecular formula is C24H25NO2. The molecule has 3 aromatic rings. The Labute approximate surface area is 160 Å². The monoisotopic (exact) mass is 359 g/mol. The van der Waals surface area contributed by atoms with Crippen molar-refractivity contribution in [2.24, 2.45) is 0 Å². The van der Waals surface area contributed by atoms with Crippen LogP contribution in [0, 0.1) is 0 Å². The van der Waals surface area contributed by atoms with E-state index in [-0.39, 0.29) is 5.91 Å². The summed E-state index contributed by atoms with van der Waals surface area (Å²) in [6.45, 7) is 6.62. The van der Waals surface area contributed by atoms with Crippen molar-refractivity contribution in [1.82, 2.24) is 5.32 Å². The van der Waals surface area contributed by atoms with E-state index in [1.807, 2.05) is 30.3 Å². The molecule has 0 fully saturated rings. The van der Waals surface area contributed by atoms with Crippen molar-refractivity contribution in [2.45, 2.75) is 26.4 Å². The van der Waals surface area contributed by atoms with Crippen LogP contribution in [0.3, 0.4) is 0 Å². The molecule has 0 heterocycles. The van der Waals surface area contributed by atoms with E-state index < -0.39 is 0 Å². The highest BCUT2D eigenvalue weighted by molar-refractivity contribution is 5.91. The van der Waals surface area contributed by atoms with Crippen LogP contribution in [0.5, 0.6) is 5.75 Å². The molecular weight excluding hydrogens is 334 g/mol. The van der Waals surface area contributed by atoms with Gasteiger partial charge in [-0.2, -0.15) is 0 Å². The number of amides is 1. The SMILES string of the molecule is C=CCc1c(OCc2ccccc2)ccc2cccc(CCNC(C)=O)c12. The highest BCUT2D eigenvalue weighted by Crippen LogP contribution is 2.32. The van der Waals surface area contributed by atoms with E-state index in [2.05, 4.69) is 48.3 Å². The Hall–Kier alpha value is -3.07. The van der Waals surface area contributed by atoms with Gasteiger partial charge in [0.2, 0.25) is 5.91 Å². The van der Waals surface area contributed by atoms with Gasteiger partial charge in [-0.25, -0.2) is 0 Å². The van der Waals surface area contributed by atoms with Crippen LogP contribution >= 0.6 is 0 Å². The predicted molar refractivity (Wildman–Crippen MR) is 111 cm³/mol. The lowest BCUT2D eigenvalue weighted by atomic mass is 9.95. The Kier molecular flexibility index (Phi) is 6.26. The highest BCUT2D eigenvalue weighted by atomic mass is 16.5. The molecule has 0 aliphatic rings. The number of hydrogen-bond donors (Lipinski definition) is 1. The molecule has 138 valence electrons. The fourth-order valence-electron chi connectivity index (χ4n) is 3.32. The second-order valence-corrected chi connectivity index (χ2v) is 6.56. The van der Waals surface area contributed by atoms with Crippen LogP contribution < -0.4 is 10.1 Å². The zero-order valence-electron chi connectivity index (χ0n) is 15.7. The summed E-state index contributed by atoms with van der Waals surface area (Å²) in [6.07, 6.45) is 3.43. The molecule has 3 rings (SSSR count). The third kappa shape index (κ3) is 4.76. The number of hydrogen-bond acceptors (Lipinski definition) is 2. The maximum atomic E-state index is 11.2. The van der Waals surface area contributed by atoms with E-state index in [1.165, 1.54) is 16.3 Å². The van der Waals surface area contributed by atoms with Crippen molar-refractivity contribution in [1.29, 1.82) is 0 Å². The van der Waals surface area contributed by atoms with Crippen molar-refractivity contribution < 1.29 is 9.53 Å². The Morgan fingerprint density at radius 1 is 1.07 bits per heavy atom. The molecule has 0 saturated carbocycles. The minimum absolute atomic E-state index is 0.00608. The fourth-order valence-corrected chi connectivity index (χ4v) is 3.32. The molecule has 0 aliphatic carbocycles. The second-order valence-electron chi connectivity index (χ2n) is 6.56. The molecule has 0 radical (unpaired) electrons. The normalized spacial score (nSPS) is 10.6. The molecule has 3 heteroatoms. The number of allylic oxidation sites excluding steroid dienone is 1. The molecule has 3 nitrogen and oxygen atoms in total. The van der Waals surface area contributed by atoms with Crippen LogP contribution in [0.2, 0.25) is 0 Å². The van der Waals surface area contributed by atoms with Gasteiger partial charge in [0.25, 0.3) is 0 Å². The third-order valence-corrected chi connectivity index (χ3v) is 4.55. The Morgan fingerprint density at radius 2 is 1.89 bits per heavy atom. The zero-order chi connectivity index (χ0) is 19.1. The summed E-state index contributed by atoms with van der Waals surface area (Å²) in [4.78, 5) is 11.2. The number of carbonyl (C=O) groups excluding carboxylic acids is 1. The van der Waals surface area contributed by atoms with Crippen molar-refractivity contribution in [3.05, 3.63) is 90.0 Å². The van der Waals surface area contributed by atoms with Gasteiger partial charge in [0.1, 0.15) is 12.4 Å². The maximum absolute atomic E-state index is 11.2. The maximum Gasteiger partial charge on any atom is 0.216 e. The molecule has 27 heavy (non-hydrogen) atoms. The summed E-state index contributed by atoms with van der Waals surface area (Å²) in [5, 5.41) is 5.26. The van der Waals surface area contributed by atoms with E-state index in [1.54, 1.807) is 6.92 Å². The first-order valence-corrected chi connectivity index (χ1v) is 9.24. The Bertz CT molecular complexity index is 932. The van der Waals surface area contributed by atoms with Gasteiger partial charge in [-0.3, -0.25) is 4.79 Å². The van der Waals surface area contributed by atoms with Gasteiger partial charge in [-0.15, -0.1) is 6.58 Å².